The molecule has 0 aliphatic heterocycles. The molecule has 1 N–H and O–H groups in total. The first-order chi connectivity index (χ1) is 14.0. The van der Waals surface area contributed by atoms with Crippen LogP contribution >= 0.6 is 11.8 Å². The van der Waals surface area contributed by atoms with Gasteiger partial charge in [-0.15, -0.1) is 10.2 Å². The summed E-state index contributed by atoms with van der Waals surface area (Å²) in [5, 5.41) is 11.2. The van der Waals surface area contributed by atoms with Crippen molar-refractivity contribution in [1.29, 1.82) is 0 Å². The molecule has 1 aromatic heterocycles. The minimum absolute atomic E-state index is 0.105. The molecule has 2 aromatic rings. The van der Waals surface area contributed by atoms with Gasteiger partial charge in [0, 0.05) is 18.7 Å². The molecule has 3 amide bonds. The molecule has 9 nitrogen and oxygen atoms in total. The number of carbonyl (C=O) groups is 3. The summed E-state index contributed by atoms with van der Waals surface area (Å²) >= 11 is 1.26. The van der Waals surface area contributed by atoms with Crippen molar-refractivity contribution in [3.8, 4) is 11.4 Å². The SMILES string of the molecule is CCOC(=O)NC(=O)CN(CC)C(=O)CSc1nnc(-c2ccccc2)n1CC. The van der Waals surface area contributed by atoms with E-state index in [1.54, 1.807) is 13.8 Å². The molecule has 0 saturated heterocycles. The van der Waals surface area contributed by atoms with Crippen LogP contribution in [-0.4, -0.2) is 63.0 Å². The van der Waals surface area contributed by atoms with Gasteiger partial charge in [0.2, 0.25) is 11.8 Å². The highest BCUT2D eigenvalue weighted by Crippen LogP contribution is 2.23. The zero-order valence-corrected chi connectivity index (χ0v) is 17.6. The average Bonchev–Trinajstić information content (AvgIpc) is 3.13. The van der Waals surface area contributed by atoms with Gasteiger partial charge >= 0.3 is 6.09 Å². The fourth-order valence-corrected chi connectivity index (χ4v) is 3.47. The van der Waals surface area contributed by atoms with Gasteiger partial charge in [-0.25, -0.2) is 4.79 Å². The maximum absolute atomic E-state index is 12.5. The first kappa shape index (κ1) is 22.4. The van der Waals surface area contributed by atoms with Gasteiger partial charge < -0.3 is 14.2 Å². The highest BCUT2D eigenvalue weighted by Gasteiger charge is 2.20. The van der Waals surface area contributed by atoms with Crippen LogP contribution in [0.5, 0.6) is 0 Å². The van der Waals surface area contributed by atoms with Gasteiger partial charge in [0.15, 0.2) is 11.0 Å². The highest BCUT2D eigenvalue weighted by atomic mass is 32.2. The topological polar surface area (TPSA) is 106 Å². The lowest BCUT2D eigenvalue weighted by Gasteiger charge is -2.19. The van der Waals surface area contributed by atoms with Gasteiger partial charge in [0.05, 0.1) is 12.4 Å². The standard InChI is InChI=1S/C19H25N5O4S/c1-4-23(12-15(25)20-19(27)28-6-3)16(26)13-29-18-22-21-17(24(18)5-2)14-10-8-7-9-11-14/h7-11H,4-6,12-13H2,1-3H3,(H,20,25,27). The van der Waals surface area contributed by atoms with E-state index in [1.807, 2.05) is 41.8 Å². The fourth-order valence-electron chi connectivity index (χ4n) is 2.57. The number of nitrogens with zero attached hydrogens (tertiary/aromatic N) is 4. The summed E-state index contributed by atoms with van der Waals surface area (Å²) < 4.78 is 6.60. The number of aromatic nitrogens is 3. The number of rotatable bonds is 9. The number of thioether (sulfide) groups is 1. The predicted molar refractivity (Wildman–Crippen MR) is 109 cm³/mol. The molecule has 0 aliphatic rings. The molecular formula is C19H25N5O4S. The van der Waals surface area contributed by atoms with Crippen LogP contribution in [-0.2, 0) is 20.9 Å². The van der Waals surface area contributed by atoms with Crippen molar-refractivity contribution in [2.45, 2.75) is 32.5 Å². The molecule has 156 valence electrons. The van der Waals surface area contributed by atoms with Crippen molar-refractivity contribution in [2.75, 3.05) is 25.4 Å². The molecule has 0 saturated carbocycles. The third-order valence-electron chi connectivity index (χ3n) is 3.98. The molecular weight excluding hydrogens is 394 g/mol. The van der Waals surface area contributed by atoms with E-state index < -0.39 is 12.0 Å². The number of benzene rings is 1. The summed E-state index contributed by atoms with van der Waals surface area (Å²) in [4.78, 5) is 37.1. The third kappa shape index (κ3) is 6.31. The molecule has 10 heteroatoms. The normalized spacial score (nSPS) is 10.4. The van der Waals surface area contributed by atoms with E-state index in [-0.39, 0.29) is 24.8 Å². The van der Waals surface area contributed by atoms with E-state index in [2.05, 4.69) is 20.3 Å². The molecule has 0 atom stereocenters. The van der Waals surface area contributed by atoms with Crippen LogP contribution in [0.15, 0.2) is 35.5 Å². The second-order valence-electron chi connectivity index (χ2n) is 5.88. The number of likely N-dealkylation sites (N-methyl/N-ethyl adjacent to an activating group) is 1. The number of carbonyl (C=O) groups excluding carboxylic acids is 3. The van der Waals surface area contributed by atoms with Gasteiger partial charge in [0.25, 0.3) is 0 Å². The van der Waals surface area contributed by atoms with Gasteiger partial charge in [-0.2, -0.15) is 0 Å². The van der Waals surface area contributed by atoms with Crippen molar-refractivity contribution in [2.24, 2.45) is 0 Å². The van der Waals surface area contributed by atoms with Gasteiger partial charge in [-0.1, -0.05) is 42.1 Å². The van der Waals surface area contributed by atoms with Crippen molar-refractivity contribution in [3.63, 3.8) is 0 Å². The number of hydrogen-bond donors (Lipinski definition) is 1. The number of alkyl carbamates (subject to hydrolysis) is 1. The number of ether oxygens (including phenoxy) is 1. The maximum atomic E-state index is 12.5. The van der Waals surface area contributed by atoms with Crippen LogP contribution in [0.1, 0.15) is 20.8 Å². The van der Waals surface area contributed by atoms with E-state index in [0.29, 0.717) is 18.2 Å². The number of imide groups is 1. The predicted octanol–water partition coefficient (Wildman–Crippen LogP) is 2.18. The molecule has 0 unspecified atom stereocenters. The Morgan fingerprint density at radius 3 is 2.48 bits per heavy atom. The molecule has 0 fully saturated rings. The van der Waals surface area contributed by atoms with E-state index >= 15 is 0 Å². The molecule has 0 spiro atoms. The van der Waals surface area contributed by atoms with Crippen LogP contribution in [0.4, 0.5) is 4.79 Å². The zero-order valence-electron chi connectivity index (χ0n) is 16.8. The summed E-state index contributed by atoms with van der Waals surface area (Å²) in [6, 6.07) is 9.71. The van der Waals surface area contributed by atoms with Crippen molar-refractivity contribution >= 4 is 29.7 Å². The van der Waals surface area contributed by atoms with Gasteiger partial charge in [0.1, 0.15) is 6.54 Å². The Morgan fingerprint density at radius 1 is 1.14 bits per heavy atom. The van der Waals surface area contributed by atoms with E-state index in [0.717, 1.165) is 11.4 Å². The Hall–Kier alpha value is -2.88. The Balaban J connectivity index is 1.97. The lowest BCUT2D eigenvalue weighted by Crippen LogP contribution is -2.43. The molecule has 2 rings (SSSR count). The minimum Gasteiger partial charge on any atom is -0.450 e. The second kappa shape index (κ2) is 11.2. The zero-order chi connectivity index (χ0) is 21.2. The minimum atomic E-state index is -0.820. The van der Waals surface area contributed by atoms with Crippen LogP contribution in [0, 0.1) is 0 Å². The summed E-state index contributed by atoms with van der Waals surface area (Å²) in [6.07, 6.45) is -0.820. The van der Waals surface area contributed by atoms with Crippen LogP contribution in [0.2, 0.25) is 0 Å². The third-order valence-corrected chi connectivity index (χ3v) is 4.93. The molecule has 1 heterocycles. The first-order valence-electron chi connectivity index (χ1n) is 9.35. The van der Waals surface area contributed by atoms with Crippen LogP contribution in [0.3, 0.4) is 0 Å². The lowest BCUT2D eigenvalue weighted by atomic mass is 10.2. The largest absolute Gasteiger partial charge is 0.450 e. The monoisotopic (exact) mass is 419 g/mol. The Morgan fingerprint density at radius 2 is 1.86 bits per heavy atom. The lowest BCUT2D eigenvalue weighted by molar-refractivity contribution is -0.133. The summed E-state index contributed by atoms with van der Waals surface area (Å²) in [6.45, 7) is 6.33. The summed E-state index contributed by atoms with van der Waals surface area (Å²) in [5.74, 6) is 0.0207. The molecule has 0 radical (unpaired) electrons. The molecule has 0 bridgehead atoms. The highest BCUT2D eigenvalue weighted by molar-refractivity contribution is 7.99. The second-order valence-corrected chi connectivity index (χ2v) is 6.82. The van der Waals surface area contributed by atoms with Gasteiger partial charge in [-0.3, -0.25) is 14.9 Å². The number of nitrogens with one attached hydrogen (secondary N) is 1. The Kier molecular flexibility index (Phi) is 8.66. The number of amides is 3. The van der Waals surface area contributed by atoms with Crippen molar-refractivity contribution < 1.29 is 19.1 Å². The average molecular weight is 420 g/mol. The van der Waals surface area contributed by atoms with Crippen LogP contribution < -0.4 is 5.32 Å². The van der Waals surface area contributed by atoms with E-state index in [1.165, 1.54) is 16.7 Å². The molecule has 29 heavy (non-hydrogen) atoms. The molecule has 1 aromatic carbocycles. The first-order valence-corrected chi connectivity index (χ1v) is 10.3. The quantitative estimate of drug-likeness (QED) is 0.621. The van der Waals surface area contributed by atoms with E-state index in [4.69, 9.17) is 0 Å². The fraction of sp³-hybridized carbons (Fsp3) is 0.421. The Labute approximate surface area is 173 Å². The smallest absolute Gasteiger partial charge is 0.413 e. The van der Waals surface area contributed by atoms with Crippen molar-refractivity contribution in [3.05, 3.63) is 30.3 Å². The van der Waals surface area contributed by atoms with Crippen LogP contribution in [0.25, 0.3) is 11.4 Å². The number of hydrogen-bond acceptors (Lipinski definition) is 7. The summed E-state index contributed by atoms with van der Waals surface area (Å²) in [5.41, 5.74) is 0.950. The van der Waals surface area contributed by atoms with Crippen molar-refractivity contribution in [1.82, 2.24) is 25.0 Å². The van der Waals surface area contributed by atoms with E-state index in [9.17, 15) is 14.4 Å². The summed E-state index contributed by atoms with van der Waals surface area (Å²) in [7, 11) is 0. The molecule has 0 aliphatic carbocycles. The Bertz CT molecular complexity index is 840. The maximum Gasteiger partial charge on any atom is 0.413 e. The van der Waals surface area contributed by atoms with Gasteiger partial charge in [-0.05, 0) is 20.8 Å².